The molecule has 0 saturated heterocycles. The van der Waals surface area contributed by atoms with Crippen LogP contribution in [0.15, 0.2) is 218 Å². The summed E-state index contributed by atoms with van der Waals surface area (Å²) in [5, 5.41) is 8.05. The molecule has 7 aliphatic rings. The fourth-order valence-corrected chi connectivity index (χ4v) is 13.1. The Morgan fingerprint density at radius 3 is 1.99 bits per heavy atom. The zero-order chi connectivity index (χ0) is 48.8. The molecule has 0 fully saturated rings. The van der Waals surface area contributed by atoms with Crippen molar-refractivity contribution in [2.45, 2.75) is 6.54 Å². The van der Waals surface area contributed by atoms with E-state index in [0.29, 0.717) is 0 Å². The van der Waals surface area contributed by atoms with Gasteiger partial charge in [0.05, 0.1) is 22.7 Å². The molecular formula is C64H45B2IrN8-3. The number of aromatic nitrogens is 2. The summed E-state index contributed by atoms with van der Waals surface area (Å²) in [6.45, 7) is 5.51. The van der Waals surface area contributed by atoms with Gasteiger partial charge in [0.1, 0.15) is 5.69 Å². The minimum absolute atomic E-state index is 0. The van der Waals surface area contributed by atoms with E-state index >= 15 is 0 Å². The van der Waals surface area contributed by atoms with Crippen LogP contribution in [0.2, 0.25) is 0 Å². The summed E-state index contributed by atoms with van der Waals surface area (Å²) >= 11 is 0. The first kappa shape index (κ1) is 44.0. The molecule has 0 N–H and O–H groups in total. The second kappa shape index (κ2) is 16.8. The van der Waals surface area contributed by atoms with Gasteiger partial charge < -0.3 is 29.2 Å². The summed E-state index contributed by atoms with van der Waals surface area (Å²) in [5.74, 6) is 1.18. The third-order valence-corrected chi connectivity index (χ3v) is 16.1. The molecule has 75 heavy (non-hydrogen) atoms. The molecule has 10 aromatic carbocycles. The fraction of sp³-hybridized carbons (Fsp3) is 0.0469. The molecule has 1 aromatic heterocycles. The Morgan fingerprint density at radius 2 is 1.15 bits per heavy atom. The number of fused-ring (bicyclic) bond motifs is 20. The molecule has 1 radical (unpaired) electrons. The monoisotopic (exact) mass is 1140 g/mol. The molecule has 0 aliphatic carbocycles. The zero-order valence-corrected chi connectivity index (χ0v) is 43.5. The number of hydrogen-bond acceptors (Lipinski definition) is 6. The van der Waals surface area contributed by atoms with Crippen LogP contribution in [-0.4, -0.2) is 37.4 Å². The maximum absolute atomic E-state index is 3.52. The van der Waals surface area contributed by atoms with Gasteiger partial charge >= 0.3 is 6.85 Å². The van der Waals surface area contributed by atoms with Crippen molar-refractivity contribution < 1.29 is 24.8 Å². The summed E-state index contributed by atoms with van der Waals surface area (Å²) in [4.78, 5) is 13.7. The SMILES string of the molecule is CN1C=C2N([CH-]1)c1[c-]cccc1B1c3cccc4c5ccccc5c5cccc(c5c34)N12.CN1[CH-]N(c2[c-]cccc2)c2ccccc21.[Ir].c1ccc2c(c1)B1c3cc[n+]4n3-c3c(cccc3N1c1ccccc1-2)C4. The maximum atomic E-state index is 3.52. The van der Waals surface area contributed by atoms with Crippen molar-refractivity contribution in [3.8, 4) is 16.8 Å². The first-order valence-electron chi connectivity index (χ1n) is 25.5. The molecule has 0 saturated carbocycles. The summed E-state index contributed by atoms with van der Waals surface area (Å²) in [5.41, 5.74) is 19.3. The number of anilines is 7. The predicted octanol–water partition coefficient (Wildman–Crippen LogP) is 10.1. The zero-order valence-electron chi connectivity index (χ0n) is 41.1. The quantitative estimate of drug-likeness (QED) is 0.0704. The van der Waals surface area contributed by atoms with Gasteiger partial charge in [-0.05, 0) is 82.4 Å². The van der Waals surface area contributed by atoms with Gasteiger partial charge in [-0.15, -0.1) is 26.2 Å². The van der Waals surface area contributed by atoms with E-state index in [9.17, 15) is 0 Å². The fourth-order valence-electron chi connectivity index (χ4n) is 13.1. The molecule has 0 bridgehead atoms. The second-order valence-corrected chi connectivity index (χ2v) is 20.0. The molecule has 0 spiro atoms. The molecule has 0 unspecified atom stereocenters. The van der Waals surface area contributed by atoms with Crippen molar-refractivity contribution >= 4 is 108 Å². The number of benzene rings is 10. The van der Waals surface area contributed by atoms with Crippen LogP contribution in [-0.2, 0) is 26.7 Å². The van der Waals surface area contributed by atoms with E-state index in [0.717, 1.165) is 17.9 Å². The van der Waals surface area contributed by atoms with Crippen molar-refractivity contribution in [2.24, 2.45) is 0 Å². The number of hydrogen-bond donors (Lipinski definition) is 0. The largest absolute Gasteiger partial charge is 0.509 e. The van der Waals surface area contributed by atoms with Gasteiger partial charge in [0.15, 0.2) is 12.7 Å². The molecule has 8 heterocycles. The maximum Gasteiger partial charge on any atom is 0.354 e. The van der Waals surface area contributed by atoms with Gasteiger partial charge in [-0.1, -0.05) is 127 Å². The number of rotatable bonds is 1. The van der Waals surface area contributed by atoms with Crippen LogP contribution in [0, 0.1) is 25.5 Å². The average Bonchev–Trinajstić information content (AvgIpc) is 4.32. The van der Waals surface area contributed by atoms with Gasteiger partial charge in [0.25, 0.3) is 6.85 Å². The first-order valence-corrected chi connectivity index (χ1v) is 25.5. The van der Waals surface area contributed by atoms with Gasteiger partial charge in [0, 0.05) is 66.1 Å². The van der Waals surface area contributed by atoms with Crippen LogP contribution in [0.4, 0.5) is 39.8 Å². The summed E-state index contributed by atoms with van der Waals surface area (Å²) in [6.07, 6.45) is 4.45. The Balaban J connectivity index is 0.000000104. The van der Waals surface area contributed by atoms with E-state index in [-0.39, 0.29) is 33.8 Å². The van der Waals surface area contributed by atoms with Crippen LogP contribution in [0.1, 0.15) is 5.56 Å². The molecule has 359 valence electrons. The Morgan fingerprint density at radius 1 is 0.493 bits per heavy atom. The Kier molecular flexibility index (Phi) is 9.84. The smallest absolute Gasteiger partial charge is 0.354 e. The van der Waals surface area contributed by atoms with Crippen LogP contribution < -0.4 is 51.0 Å². The van der Waals surface area contributed by atoms with Crippen LogP contribution in [0.5, 0.6) is 0 Å². The predicted molar refractivity (Wildman–Crippen MR) is 305 cm³/mol. The van der Waals surface area contributed by atoms with Crippen LogP contribution >= 0.6 is 0 Å². The minimum Gasteiger partial charge on any atom is -0.509 e. The molecule has 0 atom stereocenters. The molecule has 0 amide bonds. The molecular weight excluding hydrogens is 1090 g/mol. The molecule has 7 aliphatic heterocycles. The van der Waals surface area contributed by atoms with Crippen LogP contribution in [0.25, 0.3) is 49.1 Å². The third kappa shape index (κ3) is 6.26. The van der Waals surface area contributed by atoms with Gasteiger partial charge in [-0.2, -0.15) is 67.9 Å². The molecule has 18 rings (SSSR count). The Labute approximate surface area is 450 Å². The second-order valence-electron chi connectivity index (χ2n) is 20.0. The summed E-state index contributed by atoms with van der Waals surface area (Å²) in [6, 6.07) is 78.7. The van der Waals surface area contributed by atoms with E-state index in [1.54, 1.807) is 0 Å². The van der Waals surface area contributed by atoms with Crippen LogP contribution in [0.3, 0.4) is 0 Å². The van der Waals surface area contributed by atoms with Crippen molar-refractivity contribution in [1.29, 1.82) is 0 Å². The van der Waals surface area contributed by atoms with E-state index in [1.165, 1.54) is 111 Å². The van der Waals surface area contributed by atoms with E-state index in [1.807, 2.05) is 24.3 Å². The van der Waals surface area contributed by atoms with Gasteiger partial charge in [0.2, 0.25) is 0 Å². The molecule has 8 nitrogen and oxygen atoms in total. The van der Waals surface area contributed by atoms with Crippen molar-refractivity contribution in [2.75, 3.05) is 38.4 Å². The average molecular weight is 1140 g/mol. The van der Waals surface area contributed by atoms with Crippen molar-refractivity contribution in [3.05, 3.63) is 249 Å². The van der Waals surface area contributed by atoms with Gasteiger partial charge in [-0.3, -0.25) is 0 Å². The van der Waals surface area contributed by atoms with Gasteiger partial charge in [-0.25, -0.2) is 0 Å². The van der Waals surface area contributed by atoms with E-state index in [2.05, 4.69) is 266 Å². The molecule has 11 aromatic rings. The summed E-state index contributed by atoms with van der Waals surface area (Å²) < 4.78 is 4.76. The topological polar surface area (TPSA) is 28.2 Å². The summed E-state index contributed by atoms with van der Waals surface area (Å²) in [7, 11) is 4.15. The first-order chi connectivity index (χ1) is 36.6. The molecule has 11 heteroatoms. The number of nitrogens with zero attached hydrogens (tertiary/aromatic N) is 8. The Bertz CT molecular complexity index is 4200. The number of para-hydroxylation sites is 6. The standard InChI is InChI=1S/C28H18BN3.C22H15BN3.C14H12N2.Ir/c1-30-16-26-31(17-30)24-14-5-4-12-22(24)29-23-13-6-10-20-18-8-2-3-9-19(18)21-11-7-15-25(32(26)29)28(21)27(20)23;1-3-9-18-16(7-1)17-8-2-4-10-19(17)25-20-11-5-6-15-14-24-13-12-21(23(18)25)26(24)22(15)20;1-15-11-16(12-7-3-2-4-8-12)14-10-6-5-9-13(14)15;/h2-13,15-17H,1H3;1-13H,14H2;2-7,9-11H,1H3;/q-2;+1;-2;. The van der Waals surface area contributed by atoms with Crippen molar-refractivity contribution in [1.82, 2.24) is 9.58 Å². The van der Waals surface area contributed by atoms with E-state index in [4.69, 9.17) is 0 Å². The van der Waals surface area contributed by atoms with E-state index < -0.39 is 0 Å². The normalized spacial score (nSPS) is 14.9. The Hall–Kier alpha value is -8.49. The minimum atomic E-state index is 0. The van der Waals surface area contributed by atoms with Crippen molar-refractivity contribution in [3.63, 3.8) is 0 Å². The third-order valence-electron chi connectivity index (χ3n) is 16.1.